The van der Waals surface area contributed by atoms with Crippen molar-refractivity contribution in [1.82, 2.24) is 9.55 Å². The molecule has 2 aromatic carbocycles. The van der Waals surface area contributed by atoms with Gasteiger partial charge in [-0.3, -0.25) is 4.57 Å². The summed E-state index contributed by atoms with van der Waals surface area (Å²) in [4.78, 5) is 4.46. The van der Waals surface area contributed by atoms with Crippen LogP contribution in [0.5, 0.6) is 11.5 Å². The van der Waals surface area contributed by atoms with E-state index in [9.17, 15) is 0 Å². The molecule has 1 heterocycles. The van der Waals surface area contributed by atoms with Gasteiger partial charge in [0.25, 0.3) is 0 Å². The first kappa shape index (κ1) is 13.3. The molecule has 1 aromatic heterocycles. The fraction of sp³-hybridized carbons (Fsp3) is 0.188. The molecule has 5 nitrogen and oxygen atoms in total. The van der Waals surface area contributed by atoms with Crippen LogP contribution in [0.1, 0.15) is 5.56 Å². The monoisotopic (exact) mass is 283 g/mol. The Hall–Kier alpha value is -2.69. The predicted molar refractivity (Wildman–Crippen MR) is 83.3 cm³/mol. The van der Waals surface area contributed by atoms with Gasteiger partial charge in [0, 0.05) is 6.07 Å². The highest BCUT2D eigenvalue weighted by atomic mass is 16.5. The molecule has 0 spiro atoms. The molecule has 0 aliphatic rings. The predicted octanol–water partition coefficient (Wildman–Crippen LogP) is 2.93. The summed E-state index contributed by atoms with van der Waals surface area (Å²) in [5.74, 6) is 1.85. The van der Waals surface area contributed by atoms with Gasteiger partial charge in [-0.05, 0) is 30.7 Å². The Labute approximate surface area is 122 Å². The molecule has 0 aliphatic heterocycles. The molecule has 3 rings (SSSR count). The van der Waals surface area contributed by atoms with Gasteiger partial charge in [0.15, 0.2) is 0 Å². The highest BCUT2D eigenvalue weighted by molar-refractivity contribution is 5.84. The molecule has 0 amide bonds. The van der Waals surface area contributed by atoms with Crippen LogP contribution in [0, 0.1) is 6.92 Å². The van der Waals surface area contributed by atoms with Crippen LogP contribution < -0.4 is 15.2 Å². The van der Waals surface area contributed by atoms with Crippen molar-refractivity contribution in [3.8, 4) is 17.2 Å². The van der Waals surface area contributed by atoms with E-state index in [1.54, 1.807) is 14.2 Å². The molecule has 0 saturated carbocycles. The summed E-state index contributed by atoms with van der Waals surface area (Å²) in [6.07, 6.45) is 0. The van der Waals surface area contributed by atoms with Gasteiger partial charge in [-0.15, -0.1) is 0 Å². The smallest absolute Gasteiger partial charge is 0.206 e. The Morgan fingerprint density at radius 1 is 1.10 bits per heavy atom. The lowest BCUT2D eigenvalue weighted by Gasteiger charge is -2.13. The number of hydrogen-bond donors (Lipinski definition) is 1. The molecule has 0 aliphatic carbocycles. The molecule has 0 saturated heterocycles. The number of hydrogen-bond acceptors (Lipinski definition) is 4. The summed E-state index contributed by atoms with van der Waals surface area (Å²) in [7, 11) is 3.25. The molecule has 0 unspecified atom stereocenters. The molecular weight excluding hydrogens is 266 g/mol. The lowest BCUT2D eigenvalue weighted by Crippen LogP contribution is -2.03. The number of imidazole rings is 1. The van der Waals surface area contributed by atoms with Crippen molar-refractivity contribution >= 4 is 17.0 Å². The van der Waals surface area contributed by atoms with E-state index >= 15 is 0 Å². The Balaban J connectivity index is 2.30. The van der Waals surface area contributed by atoms with Crippen LogP contribution >= 0.6 is 0 Å². The van der Waals surface area contributed by atoms with Gasteiger partial charge in [-0.25, -0.2) is 4.98 Å². The Morgan fingerprint density at radius 3 is 2.62 bits per heavy atom. The SMILES string of the molecule is COc1ccc(-n2c(N)nc3c(C)cccc32)c(OC)c1. The number of anilines is 1. The highest BCUT2D eigenvalue weighted by Gasteiger charge is 2.15. The van der Waals surface area contributed by atoms with Crippen LogP contribution in [0.15, 0.2) is 36.4 Å². The van der Waals surface area contributed by atoms with E-state index in [4.69, 9.17) is 15.2 Å². The Kier molecular flexibility index (Phi) is 3.17. The minimum absolute atomic E-state index is 0.433. The number of rotatable bonds is 3. The van der Waals surface area contributed by atoms with Crippen molar-refractivity contribution in [2.24, 2.45) is 0 Å². The number of aryl methyl sites for hydroxylation is 1. The van der Waals surface area contributed by atoms with Crippen molar-refractivity contribution in [3.05, 3.63) is 42.0 Å². The number of nitrogen functional groups attached to an aromatic ring is 1. The number of para-hydroxylation sites is 1. The van der Waals surface area contributed by atoms with Crippen LogP contribution in [0.2, 0.25) is 0 Å². The van der Waals surface area contributed by atoms with Crippen molar-refractivity contribution < 1.29 is 9.47 Å². The third-order valence-corrected chi connectivity index (χ3v) is 3.54. The molecule has 3 aromatic rings. The number of ether oxygens (including phenoxy) is 2. The maximum Gasteiger partial charge on any atom is 0.206 e. The summed E-state index contributed by atoms with van der Waals surface area (Å²) in [5, 5.41) is 0. The number of aromatic nitrogens is 2. The fourth-order valence-electron chi connectivity index (χ4n) is 2.48. The van der Waals surface area contributed by atoms with Crippen LogP contribution in [0.3, 0.4) is 0 Å². The largest absolute Gasteiger partial charge is 0.497 e. The van der Waals surface area contributed by atoms with Gasteiger partial charge < -0.3 is 15.2 Å². The van der Waals surface area contributed by atoms with Crippen molar-refractivity contribution in [3.63, 3.8) is 0 Å². The first-order chi connectivity index (χ1) is 10.2. The summed E-state index contributed by atoms with van der Waals surface area (Å²) in [5.41, 5.74) is 9.89. The van der Waals surface area contributed by atoms with Gasteiger partial charge >= 0.3 is 0 Å². The van der Waals surface area contributed by atoms with Crippen molar-refractivity contribution in [2.45, 2.75) is 6.92 Å². The van der Waals surface area contributed by atoms with E-state index < -0.39 is 0 Å². The third kappa shape index (κ3) is 2.07. The van der Waals surface area contributed by atoms with Gasteiger partial charge in [-0.2, -0.15) is 0 Å². The zero-order chi connectivity index (χ0) is 15.0. The second kappa shape index (κ2) is 5.01. The number of methoxy groups -OCH3 is 2. The van der Waals surface area contributed by atoms with Crippen LogP contribution in [-0.4, -0.2) is 23.8 Å². The standard InChI is InChI=1S/C16H17N3O2/c1-10-5-4-6-13-15(10)18-16(17)19(13)12-8-7-11(20-2)9-14(12)21-3/h4-9H,1-3H3,(H2,17,18). The van der Waals surface area contributed by atoms with E-state index in [0.717, 1.165) is 28.0 Å². The minimum Gasteiger partial charge on any atom is -0.497 e. The zero-order valence-electron chi connectivity index (χ0n) is 12.3. The molecule has 2 N–H and O–H groups in total. The second-order valence-corrected chi connectivity index (χ2v) is 4.79. The molecule has 0 fully saturated rings. The average Bonchev–Trinajstić information content (AvgIpc) is 2.84. The lowest BCUT2D eigenvalue weighted by atomic mass is 10.2. The normalized spacial score (nSPS) is 10.8. The van der Waals surface area contributed by atoms with E-state index in [0.29, 0.717) is 11.7 Å². The van der Waals surface area contributed by atoms with Crippen molar-refractivity contribution in [2.75, 3.05) is 20.0 Å². The van der Waals surface area contributed by atoms with Gasteiger partial charge in [0.1, 0.15) is 11.5 Å². The lowest BCUT2D eigenvalue weighted by molar-refractivity contribution is 0.393. The fourth-order valence-corrected chi connectivity index (χ4v) is 2.48. The number of fused-ring (bicyclic) bond motifs is 1. The first-order valence-electron chi connectivity index (χ1n) is 6.61. The summed E-state index contributed by atoms with van der Waals surface area (Å²) in [6.45, 7) is 2.02. The molecular formula is C16H17N3O2. The van der Waals surface area contributed by atoms with Crippen LogP contribution in [0.4, 0.5) is 5.95 Å². The summed E-state index contributed by atoms with van der Waals surface area (Å²) < 4.78 is 12.6. The van der Waals surface area contributed by atoms with Gasteiger partial charge in [-0.1, -0.05) is 12.1 Å². The van der Waals surface area contributed by atoms with E-state index in [-0.39, 0.29) is 0 Å². The Morgan fingerprint density at radius 2 is 1.90 bits per heavy atom. The third-order valence-electron chi connectivity index (χ3n) is 3.54. The quantitative estimate of drug-likeness (QED) is 0.802. The second-order valence-electron chi connectivity index (χ2n) is 4.79. The molecule has 108 valence electrons. The zero-order valence-corrected chi connectivity index (χ0v) is 12.3. The molecule has 0 radical (unpaired) electrons. The first-order valence-corrected chi connectivity index (χ1v) is 6.61. The van der Waals surface area contributed by atoms with Gasteiger partial charge in [0.2, 0.25) is 5.95 Å². The van der Waals surface area contributed by atoms with E-state index in [1.807, 2.05) is 47.9 Å². The average molecular weight is 283 g/mol. The highest BCUT2D eigenvalue weighted by Crippen LogP contribution is 2.33. The summed E-state index contributed by atoms with van der Waals surface area (Å²) in [6, 6.07) is 11.6. The summed E-state index contributed by atoms with van der Waals surface area (Å²) >= 11 is 0. The van der Waals surface area contributed by atoms with E-state index in [1.165, 1.54) is 0 Å². The molecule has 0 atom stereocenters. The van der Waals surface area contributed by atoms with Gasteiger partial charge in [0.05, 0.1) is 30.9 Å². The number of benzene rings is 2. The topological polar surface area (TPSA) is 62.3 Å². The molecule has 0 bridgehead atoms. The maximum atomic E-state index is 6.11. The number of nitrogens with zero attached hydrogens (tertiary/aromatic N) is 2. The van der Waals surface area contributed by atoms with Crippen molar-refractivity contribution in [1.29, 1.82) is 0 Å². The molecule has 5 heteroatoms. The Bertz CT molecular complexity index is 809. The number of nitrogens with two attached hydrogens (primary N) is 1. The minimum atomic E-state index is 0.433. The maximum absolute atomic E-state index is 6.11. The molecule has 21 heavy (non-hydrogen) atoms. The van der Waals surface area contributed by atoms with Crippen LogP contribution in [0.25, 0.3) is 16.7 Å². The van der Waals surface area contributed by atoms with Crippen LogP contribution in [-0.2, 0) is 0 Å². The van der Waals surface area contributed by atoms with E-state index in [2.05, 4.69) is 4.98 Å².